The summed E-state index contributed by atoms with van der Waals surface area (Å²) in [6.07, 6.45) is 2.72. The summed E-state index contributed by atoms with van der Waals surface area (Å²) in [4.78, 5) is 17.2. The van der Waals surface area contributed by atoms with E-state index in [1.54, 1.807) is 72.9 Å². The zero-order chi connectivity index (χ0) is 25.9. The van der Waals surface area contributed by atoms with Crippen LogP contribution in [0.4, 0.5) is 5.69 Å². The number of primary amides is 1. The van der Waals surface area contributed by atoms with Gasteiger partial charge in [0.05, 0.1) is 22.4 Å². The topological polar surface area (TPSA) is 161 Å². The lowest BCUT2D eigenvalue weighted by atomic mass is 9.92. The molecule has 4 aromatic rings. The molecule has 3 aromatic carbocycles. The van der Waals surface area contributed by atoms with Crippen LogP contribution in [0.25, 0.3) is 33.5 Å². The lowest BCUT2D eigenvalue weighted by molar-refractivity contribution is 0.100. The molecule has 182 valence electrons. The minimum absolute atomic E-state index is 0.156. The van der Waals surface area contributed by atoms with E-state index in [-0.39, 0.29) is 16.2 Å². The minimum atomic E-state index is -3.66. The Labute approximate surface area is 208 Å². The van der Waals surface area contributed by atoms with Crippen LogP contribution in [0.3, 0.4) is 0 Å². The van der Waals surface area contributed by atoms with Gasteiger partial charge in [-0.1, -0.05) is 59.8 Å². The first kappa shape index (κ1) is 24.6. The number of oxime groups is 1. The standard InChI is InChI=1S/C26H23N5O4S/c1-29-36(34,35)23-8-3-2-5-18(23)16-9-11-17(12-10-16)19-13-14-30-25(24(19)26(28)32)20-6-4-7-22(27)21(20)15-31-33/h2-15,29,33H,27H2,1H3,(H2,28,32). The van der Waals surface area contributed by atoms with Crippen LogP contribution in [-0.2, 0) is 10.0 Å². The summed E-state index contributed by atoms with van der Waals surface area (Å²) < 4.78 is 27.3. The highest BCUT2D eigenvalue weighted by Crippen LogP contribution is 2.35. The molecule has 0 spiro atoms. The smallest absolute Gasteiger partial charge is 0.251 e. The van der Waals surface area contributed by atoms with Gasteiger partial charge in [0, 0.05) is 28.6 Å². The molecule has 0 bridgehead atoms. The third kappa shape index (κ3) is 4.54. The molecule has 0 radical (unpaired) electrons. The molecule has 0 aliphatic carbocycles. The monoisotopic (exact) mass is 501 g/mol. The number of nitrogen functional groups attached to an aromatic ring is 1. The molecule has 1 amide bonds. The van der Waals surface area contributed by atoms with Crippen molar-refractivity contribution in [1.29, 1.82) is 0 Å². The van der Waals surface area contributed by atoms with E-state index in [1.807, 2.05) is 0 Å². The van der Waals surface area contributed by atoms with Crippen LogP contribution in [0.1, 0.15) is 15.9 Å². The minimum Gasteiger partial charge on any atom is -0.411 e. The molecular formula is C26H23N5O4S. The first-order valence-corrected chi connectivity index (χ1v) is 12.2. The van der Waals surface area contributed by atoms with E-state index in [1.165, 1.54) is 19.3 Å². The van der Waals surface area contributed by atoms with Gasteiger partial charge in [0.15, 0.2) is 0 Å². The van der Waals surface area contributed by atoms with Crippen LogP contribution in [-0.4, -0.2) is 37.8 Å². The van der Waals surface area contributed by atoms with Gasteiger partial charge in [0.1, 0.15) is 0 Å². The highest BCUT2D eigenvalue weighted by molar-refractivity contribution is 7.89. The molecule has 4 rings (SSSR count). The normalized spacial score (nSPS) is 11.6. The number of carbonyl (C=O) groups excluding carboxylic acids is 1. The number of pyridine rings is 1. The van der Waals surface area contributed by atoms with Crippen molar-refractivity contribution in [3.05, 3.63) is 90.1 Å². The summed E-state index contributed by atoms with van der Waals surface area (Å²) >= 11 is 0. The van der Waals surface area contributed by atoms with Gasteiger partial charge in [0.2, 0.25) is 10.0 Å². The van der Waals surface area contributed by atoms with E-state index in [2.05, 4.69) is 14.9 Å². The predicted octanol–water partition coefficient (Wildman–Crippen LogP) is 3.48. The molecule has 0 saturated heterocycles. The second-order valence-corrected chi connectivity index (χ2v) is 9.64. The molecule has 1 aromatic heterocycles. The first-order chi connectivity index (χ1) is 17.3. The van der Waals surface area contributed by atoms with Crippen LogP contribution in [0, 0.1) is 0 Å². The Morgan fingerprint density at radius 1 is 0.944 bits per heavy atom. The second kappa shape index (κ2) is 9.98. The molecule has 6 N–H and O–H groups in total. The SMILES string of the molecule is CNS(=O)(=O)c1ccccc1-c1ccc(-c2ccnc(-c3cccc(N)c3C=NO)c2C(N)=O)cc1. The lowest BCUT2D eigenvalue weighted by Crippen LogP contribution is -2.19. The summed E-state index contributed by atoms with van der Waals surface area (Å²) in [5.74, 6) is -0.697. The molecule has 0 aliphatic heterocycles. The van der Waals surface area contributed by atoms with Gasteiger partial charge >= 0.3 is 0 Å². The van der Waals surface area contributed by atoms with Crippen molar-refractivity contribution in [3.8, 4) is 33.5 Å². The van der Waals surface area contributed by atoms with Crippen LogP contribution in [0.5, 0.6) is 0 Å². The summed E-state index contributed by atoms with van der Waals surface area (Å²) in [6, 6.07) is 20.5. The predicted molar refractivity (Wildman–Crippen MR) is 139 cm³/mol. The number of hydrogen-bond acceptors (Lipinski definition) is 7. The van der Waals surface area contributed by atoms with Crippen LogP contribution in [0.2, 0.25) is 0 Å². The van der Waals surface area contributed by atoms with E-state index in [0.717, 1.165) is 0 Å². The van der Waals surface area contributed by atoms with Gasteiger partial charge in [0.25, 0.3) is 5.91 Å². The van der Waals surface area contributed by atoms with Crippen LogP contribution < -0.4 is 16.2 Å². The van der Waals surface area contributed by atoms with E-state index in [4.69, 9.17) is 16.7 Å². The zero-order valence-corrected chi connectivity index (χ0v) is 20.0. The number of hydrogen-bond donors (Lipinski definition) is 4. The lowest BCUT2D eigenvalue weighted by Gasteiger charge is -2.15. The Bertz CT molecular complexity index is 1580. The molecule has 0 aliphatic rings. The molecular weight excluding hydrogens is 478 g/mol. The van der Waals surface area contributed by atoms with Gasteiger partial charge in [-0.05, 0) is 41.9 Å². The average Bonchev–Trinajstić information content (AvgIpc) is 2.89. The van der Waals surface area contributed by atoms with Crippen molar-refractivity contribution in [2.24, 2.45) is 10.9 Å². The van der Waals surface area contributed by atoms with Crippen molar-refractivity contribution in [1.82, 2.24) is 9.71 Å². The second-order valence-electron chi connectivity index (χ2n) is 7.78. The van der Waals surface area contributed by atoms with Crippen molar-refractivity contribution in [3.63, 3.8) is 0 Å². The maximum absolute atomic E-state index is 12.6. The Morgan fingerprint density at radius 2 is 1.58 bits per heavy atom. The number of aromatic nitrogens is 1. The highest BCUT2D eigenvalue weighted by atomic mass is 32.2. The maximum Gasteiger partial charge on any atom is 0.251 e. The number of amides is 1. The van der Waals surface area contributed by atoms with Crippen molar-refractivity contribution in [2.45, 2.75) is 4.90 Å². The molecule has 0 fully saturated rings. The largest absolute Gasteiger partial charge is 0.411 e. The van der Waals surface area contributed by atoms with Gasteiger partial charge in [-0.25, -0.2) is 13.1 Å². The summed E-state index contributed by atoms with van der Waals surface area (Å²) in [6.45, 7) is 0. The highest BCUT2D eigenvalue weighted by Gasteiger charge is 2.21. The fraction of sp³-hybridized carbons (Fsp3) is 0.0385. The molecule has 1 heterocycles. The average molecular weight is 502 g/mol. The van der Waals surface area contributed by atoms with Crippen molar-refractivity contribution < 1.29 is 18.4 Å². The van der Waals surface area contributed by atoms with Crippen molar-refractivity contribution in [2.75, 3.05) is 12.8 Å². The van der Waals surface area contributed by atoms with Gasteiger partial charge in [-0.15, -0.1) is 0 Å². The van der Waals surface area contributed by atoms with Crippen LogP contribution in [0.15, 0.2) is 89.0 Å². The Hall–Kier alpha value is -4.54. The molecule has 9 nitrogen and oxygen atoms in total. The fourth-order valence-electron chi connectivity index (χ4n) is 4.03. The first-order valence-electron chi connectivity index (χ1n) is 10.8. The third-order valence-corrected chi connectivity index (χ3v) is 7.20. The molecule has 0 atom stereocenters. The van der Waals surface area contributed by atoms with E-state index < -0.39 is 15.9 Å². The number of anilines is 1. The van der Waals surface area contributed by atoms with E-state index >= 15 is 0 Å². The third-order valence-electron chi connectivity index (χ3n) is 5.73. The number of benzene rings is 3. The summed E-state index contributed by atoms with van der Waals surface area (Å²) in [5.41, 5.74) is 15.9. The van der Waals surface area contributed by atoms with E-state index in [0.29, 0.717) is 39.1 Å². The number of nitrogens with two attached hydrogens (primary N) is 2. The number of nitrogens with zero attached hydrogens (tertiary/aromatic N) is 2. The number of rotatable bonds is 7. The molecule has 0 unspecified atom stereocenters. The Kier molecular flexibility index (Phi) is 6.82. The number of carbonyl (C=O) groups is 1. The quantitative estimate of drug-likeness (QED) is 0.131. The maximum atomic E-state index is 12.6. The van der Waals surface area contributed by atoms with Crippen molar-refractivity contribution >= 4 is 27.8 Å². The molecule has 0 saturated carbocycles. The Balaban J connectivity index is 1.86. The summed E-state index contributed by atoms with van der Waals surface area (Å²) in [7, 11) is -2.30. The van der Waals surface area contributed by atoms with Gasteiger partial charge < -0.3 is 16.7 Å². The number of nitrogens with one attached hydrogen (secondary N) is 1. The zero-order valence-electron chi connectivity index (χ0n) is 19.2. The summed E-state index contributed by atoms with van der Waals surface area (Å²) in [5, 5.41) is 12.2. The Morgan fingerprint density at radius 3 is 2.22 bits per heavy atom. The van der Waals surface area contributed by atoms with Gasteiger partial charge in [-0.2, -0.15) is 0 Å². The number of sulfonamides is 1. The molecule has 36 heavy (non-hydrogen) atoms. The fourth-order valence-corrected chi connectivity index (χ4v) is 4.98. The van der Waals surface area contributed by atoms with E-state index in [9.17, 15) is 13.2 Å². The molecule has 10 heteroatoms. The van der Waals surface area contributed by atoms with Crippen LogP contribution >= 0.6 is 0 Å². The van der Waals surface area contributed by atoms with Gasteiger partial charge in [-0.3, -0.25) is 9.78 Å².